The minimum Gasteiger partial charge on any atom is -1.00 e. The average Bonchev–Trinajstić information content (AvgIpc) is 2.54. The van der Waals surface area contributed by atoms with Crippen LogP contribution in [0.3, 0.4) is 0 Å². The van der Waals surface area contributed by atoms with E-state index >= 15 is 0 Å². The first-order valence-electron chi connectivity index (χ1n) is 7.51. The summed E-state index contributed by atoms with van der Waals surface area (Å²) in [5.41, 5.74) is 0.850. The minimum atomic E-state index is -0.341. The quantitative estimate of drug-likeness (QED) is 0.490. The Morgan fingerprint density at radius 3 is 2.74 bits per heavy atom. The molecule has 1 heterocycles. The Bertz CT molecular complexity index is 515. The van der Waals surface area contributed by atoms with Gasteiger partial charge in [-0.25, -0.2) is 4.79 Å². The molecule has 0 saturated carbocycles. The molecule has 0 aliphatic carbocycles. The highest BCUT2D eigenvalue weighted by atomic mass is 35.5. The van der Waals surface area contributed by atoms with Crippen molar-refractivity contribution in [3.63, 3.8) is 0 Å². The first-order valence-corrected chi connectivity index (χ1v) is 7.51. The SMILES string of the molecule is COc1ccccc1/C=C/C(=O)OC(C)CN1CCOCC1.[Cl-]. The molecule has 0 amide bonds. The van der Waals surface area contributed by atoms with Crippen LogP contribution in [-0.2, 0) is 14.3 Å². The summed E-state index contributed by atoms with van der Waals surface area (Å²) < 4.78 is 15.9. The zero-order valence-corrected chi connectivity index (χ0v) is 14.3. The van der Waals surface area contributed by atoms with Gasteiger partial charge < -0.3 is 26.6 Å². The van der Waals surface area contributed by atoms with Gasteiger partial charge in [0.1, 0.15) is 11.9 Å². The van der Waals surface area contributed by atoms with Crippen molar-refractivity contribution in [1.82, 2.24) is 4.90 Å². The highest BCUT2D eigenvalue weighted by molar-refractivity contribution is 5.87. The number of benzene rings is 1. The Balaban J connectivity index is 0.00000264. The van der Waals surface area contributed by atoms with Gasteiger partial charge in [0.2, 0.25) is 0 Å². The Hall–Kier alpha value is -1.56. The van der Waals surface area contributed by atoms with Crippen LogP contribution in [0, 0.1) is 0 Å². The Labute approximate surface area is 143 Å². The van der Waals surface area contributed by atoms with E-state index in [2.05, 4.69) is 4.90 Å². The molecule has 1 aliphatic heterocycles. The van der Waals surface area contributed by atoms with E-state index in [1.54, 1.807) is 13.2 Å². The normalized spacial score (nSPS) is 16.6. The topological polar surface area (TPSA) is 48.0 Å². The number of morpholine rings is 1. The molecule has 1 aromatic rings. The fourth-order valence-corrected chi connectivity index (χ4v) is 2.38. The monoisotopic (exact) mass is 340 g/mol. The number of hydrogen-bond acceptors (Lipinski definition) is 5. The van der Waals surface area contributed by atoms with Crippen molar-refractivity contribution >= 4 is 12.0 Å². The number of rotatable bonds is 6. The zero-order chi connectivity index (χ0) is 15.8. The second kappa shape index (κ2) is 10.3. The molecule has 5 nitrogen and oxygen atoms in total. The maximum absolute atomic E-state index is 11.9. The first kappa shape index (κ1) is 19.5. The van der Waals surface area contributed by atoms with E-state index in [4.69, 9.17) is 14.2 Å². The average molecular weight is 341 g/mol. The lowest BCUT2D eigenvalue weighted by Gasteiger charge is -2.28. The first-order chi connectivity index (χ1) is 10.7. The molecular formula is C17H23ClNO4-. The molecular weight excluding hydrogens is 318 g/mol. The summed E-state index contributed by atoms with van der Waals surface area (Å²) in [5, 5.41) is 0. The molecule has 1 aliphatic rings. The van der Waals surface area contributed by atoms with E-state index in [1.807, 2.05) is 31.2 Å². The zero-order valence-electron chi connectivity index (χ0n) is 13.5. The van der Waals surface area contributed by atoms with Crippen LogP contribution in [0.25, 0.3) is 6.08 Å². The summed E-state index contributed by atoms with van der Waals surface area (Å²) in [7, 11) is 1.61. The highest BCUT2D eigenvalue weighted by Gasteiger charge is 2.15. The molecule has 0 N–H and O–H groups in total. The lowest BCUT2D eigenvalue weighted by molar-refractivity contribution is -0.143. The van der Waals surface area contributed by atoms with Gasteiger partial charge in [-0.3, -0.25) is 4.90 Å². The van der Waals surface area contributed by atoms with Gasteiger partial charge >= 0.3 is 5.97 Å². The van der Waals surface area contributed by atoms with Gasteiger partial charge in [-0.1, -0.05) is 18.2 Å². The fraction of sp³-hybridized carbons (Fsp3) is 0.471. The van der Waals surface area contributed by atoms with Gasteiger partial charge in [0.25, 0.3) is 0 Å². The van der Waals surface area contributed by atoms with Crippen molar-refractivity contribution in [3.8, 4) is 5.75 Å². The third-order valence-corrected chi connectivity index (χ3v) is 3.47. The van der Waals surface area contributed by atoms with Crippen molar-refractivity contribution in [3.05, 3.63) is 35.9 Å². The van der Waals surface area contributed by atoms with Crippen molar-refractivity contribution in [2.24, 2.45) is 0 Å². The Kier molecular flexibility index (Phi) is 8.69. The largest absolute Gasteiger partial charge is 1.00 e. The van der Waals surface area contributed by atoms with Crippen LogP contribution in [0.1, 0.15) is 12.5 Å². The fourth-order valence-electron chi connectivity index (χ4n) is 2.38. The third-order valence-electron chi connectivity index (χ3n) is 3.47. The molecule has 0 aromatic heterocycles. The Morgan fingerprint density at radius 1 is 1.35 bits per heavy atom. The number of para-hydroxylation sites is 1. The van der Waals surface area contributed by atoms with Crippen LogP contribution in [0.15, 0.2) is 30.3 Å². The maximum atomic E-state index is 11.9. The molecule has 128 valence electrons. The van der Waals surface area contributed by atoms with Gasteiger partial charge in [0.15, 0.2) is 0 Å². The van der Waals surface area contributed by atoms with E-state index in [9.17, 15) is 4.79 Å². The van der Waals surface area contributed by atoms with E-state index in [0.29, 0.717) is 0 Å². The number of halogens is 1. The van der Waals surface area contributed by atoms with Crippen molar-refractivity contribution in [1.29, 1.82) is 0 Å². The molecule has 6 heteroatoms. The van der Waals surface area contributed by atoms with Crippen LogP contribution in [0.4, 0.5) is 0 Å². The number of carbonyl (C=O) groups excluding carboxylic acids is 1. The van der Waals surface area contributed by atoms with Crippen LogP contribution < -0.4 is 17.1 Å². The van der Waals surface area contributed by atoms with Crippen LogP contribution in [0.2, 0.25) is 0 Å². The lowest BCUT2D eigenvalue weighted by Crippen LogP contribution is -3.00. The number of nitrogens with zero attached hydrogens (tertiary/aromatic N) is 1. The molecule has 0 spiro atoms. The van der Waals surface area contributed by atoms with E-state index < -0.39 is 0 Å². The molecule has 2 rings (SSSR count). The van der Waals surface area contributed by atoms with Crippen LogP contribution >= 0.6 is 0 Å². The summed E-state index contributed by atoms with van der Waals surface area (Å²) in [6.07, 6.45) is 3.00. The maximum Gasteiger partial charge on any atom is 0.331 e. The molecule has 0 radical (unpaired) electrons. The highest BCUT2D eigenvalue weighted by Crippen LogP contribution is 2.18. The molecule has 1 unspecified atom stereocenters. The summed E-state index contributed by atoms with van der Waals surface area (Å²) in [6, 6.07) is 7.53. The summed E-state index contributed by atoms with van der Waals surface area (Å²) in [5.74, 6) is 0.389. The number of ether oxygens (including phenoxy) is 3. The van der Waals surface area contributed by atoms with Gasteiger partial charge in [0, 0.05) is 31.3 Å². The second-order valence-corrected chi connectivity index (χ2v) is 5.24. The van der Waals surface area contributed by atoms with E-state index in [-0.39, 0.29) is 24.5 Å². The summed E-state index contributed by atoms with van der Waals surface area (Å²) in [4.78, 5) is 14.1. The predicted molar refractivity (Wildman–Crippen MR) is 84.8 cm³/mol. The number of methoxy groups -OCH3 is 1. The van der Waals surface area contributed by atoms with Crippen molar-refractivity contribution < 1.29 is 31.4 Å². The molecule has 0 bridgehead atoms. The number of esters is 1. The van der Waals surface area contributed by atoms with Crippen LogP contribution in [0.5, 0.6) is 5.75 Å². The summed E-state index contributed by atoms with van der Waals surface area (Å²) >= 11 is 0. The third kappa shape index (κ3) is 6.60. The molecule has 1 fully saturated rings. The Morgan fingerprint density at radius 2 is 2.04 bits per heavy atom. The smallest absolute Gasteiger partial charge is 0.331 e. The predicted octanol–water partition coefficient (Wildman–Crippen LogP) is -1.02. The standard InChI is InChI=1S/C17H23NO4.ClH/c1-14(13-18-9-11-21-12-10-18)22-17(19)8-7-15-5-3-4-6-16(15)20-2;/h3-8,14H,9-13H2,1-2H3;1H/p-1/b8-7+;. The molecule has 1 saturated heterocycles. The minimum absolute atomic E-state index is 0. The van der Waals surface area contributed by atoms with Gasteiger partial charge in [-0.05, 0) is 19.1 Å². The van der Waals surface area contributed by atoms with Gasteiger partial charge in [-0.15, -0.1) is 0 Å². The van der Waals surface area contributed by atoms with Crippen LogP contribution in [-0.4, -0.2) is 56.9 Å². The summed E-state index contributed by atoms with van der Waals surface area (Å²) in [6.45, 7) is 5.91. The second-order valence-electron chi connectivity index (χ2n) is 5.24. The van der Waals surface area contributed by atoms with E-state index in [1.165, 1.54) is 6.08 Å². The molecule has 23 heavy (non-hydrogen) atoms. The van der Waals surface area contributed by atoms with Gasteiger partial charge in [0.05, 0.1) is 20.3 Å². The molecule has 1 aromatic carbocycles. The number of hydrogen-bond donors (Lipinski definition) is 0. The van der Waals surface area contributed by atoms with E-state index in [0.717, 1.165) is 44.2 Å². The lowest BCUT2D eigenvalue weighted by atomic mass is 10.2. The molecule has 1 atom stereocenters. The van der Waals surface area contributed by atoms with Gasteiger partial charge in [-0.2, -0.15) is 0 Å². The number of carbonyl (C=O) groups is 1. The van der Waals surface area contributed by atoms with Crippen molar-refractivity contribution in [2.75, 3.05) is 40.0 Å². The van der Waals surface area contributed by atoms with Crippen molar-refractivity contribution in [2.45, 2.75) is 13.0 Å².